The quantitative estimate of drug-likeness (QED) is 0.605. The van der Waals surface area contributed by atoms with Crippen LogP contribution in [0.4, 0.5) is 5.69 Å². The molecular formula is C10H12N2O6S. The first-order valence-corrected chi connectivity index (χ1v) is 6.63. The third-order valence-electron chi connectivity index (χ3n) is 2.36. The molecule has 1 aromatic carbocycles. The molecule has 0 amide bonds. The summed E-state index contributed by atoms with van der Waals surface area (Å²) in [7, 11) is -4.03. The van der Waals surface area contributed by atoms with Crippen LogP contribution in [-0.2, 0) is 14.8 Å². The molecule has 0 aliphatic carbocycles. The minimum Gasteiger partial charge on any atom is -0.480 e. The predicted molar refractivity (Wildman–Crippen MR) is 65.3 cm³/mol. The number of nitro benzene ring substituents is 1. The van der Waals surface area contributed by atoms with Gasteiger partial charge in [-0.2, -0.15) is 4.72 Å². The van der Waals surface area contributed by atoms with Crippen LogP contribution in [0.1, 0.15) is 12.5 Å². The van der Waals surface area contributed by atoms with Crippen LogP contribution in [0.5, 0.6) is 0 Å². The smallest absolute Gasteiger partial charge is 0.321 e. The molecule has 1 rings (SSSR count). The highest BCUT2D eigenvalue weighted by atomic mass is 32.2. The van der Waals surface area contributed by atoms with Gasteiger partial charge in [0.2, 0.25) is 10.0 Å². The van der Waals surface area contributed by atoms with E-state index in [0.717, 1.165) is 18.2 Å². The molecule has 0 fully saturated rings. The molecule has 0 aromatic heterocycles. The van der Waals surface area contributed by atoms with Gasteiger partial charge in [0.15, 0.2) is 0 Å². The van der Waals surface area contributed by atoms with E-state index in [1.165, 1.54) is 13.8 Å². The molecular weight excluding hydrogens is 276 g/mol. The molecule has 1 atom stereocenters. The van der Waals surface area contributed by atoms with Gasteiger partial charge < -0.3 is 5.11 Å². The number of aryl methyl sites for hydroxylation is 1. The largest absolute Gasteiger partial charge is 0.480 e. The number of carboxylic acid groups (broad SMARTS) is 1. The number of carbonyl (C=O) groups is 1. The Hall–Kier alpha value is -2.00. The molecule has 0 saturated heterocycles. The van der Waals surface area contributed by atoms with Gasteiger partial charge >= 0.3 is 5.97 Å². The van der Waals surface area contributed by atoms with Gasteiger partial charge in [-0.15, -0.1) is 0 Å². The third-order valence-corrected chi connectivity index (χ3v) is 4.06. The van der Waals surface area contributed by atoms with Crippen molar-refractivity contribution in [1.29, 1.82) is 0 Å². The molecule has 0 unspecified atom stereocenters. The zero-order chi connectivity index (χ0) is 14.8. The van der Waals surface area contributed by atoms with Gasteiger partial charge in [0.25, 0.3) is 5.69 Å². The van der Waals surface area contributed by atoms with Crippen molar-refractivity contribution >= 4 is 21.7 Å². The number of carboxylic acids is 1. The van der Waals surface area contributed by atoms with Crippen molar-refractivity contribution in [3.8, 4) is 0 Å². The van der Waals surface area contributed by atoms with Crippen molar-refractivity contribution in [2.75, 3.05) is 0 Å². The van der Waals surface area contributed by atoms with Gasteiger partial charge in [-0.25, -0.2) is 8.42 Å². The van der Waals surface area contributed by atoms with Crippen LogP contribution in [0, 0.1) is 17.0 Å². The Bertz CT molecular complexity index is 625. The number of aliphatic carboxylic acids is 1. The summed E-state index contributed by atoms with van der Waals surface area (Å²) in [5, 5.41) is 19.2. The first-order valence-electron chi connectivity index (χ1n) is 5.15. The molecule has 0 bridgehead atoms. The maximum Gasteiger partial charge on any atom is 0.321 e. The van der Waals surface area contributed by atoms with Crippen LogP contribution in [0.3, 0.4) is 0 Å². The SMILES string of the molecule is Cc1cc([N+](=O)[O-])ccc1S(=O)(=O)N[C@@H](C)C(=O)O. The summed E-state index contributed by atoms with van der Waals surface area (Å²) in [4.78, 5) is 20.3. The fourth-order valence-corrected chi connectivity index (χ4v) is 2.82. The summed E-state index contributed by atoms with van der Waals surface area (Å²) in [6.07, 6.45) is 0. The minimum absolute atomic E-state index is 0.166. The molecule has 0 heterocycles. The zero-order valence-electron chi connectivity index (χ0n) is 10.2. The number of sulfonamides is 1. The van der Waals surface area contributed by atoms with Crippen molar-refractivity contribution in [3.63, 3.8) is 0 Å². The zero-order valence-corrected chi connectivity index (χ0v) is 11.0. The molecule has 1 aromatic rings. The topological polar surface area (TPSA) is 127 Å². The number of rotatable bonds is 5. The highest BCUT2D eigenvalue weighted by Crippen LogP contribution is 2.21. The van der Waals surface area contributed by atoms with E-state index in [4.69, 9.17) is 5.11 Å². The molecule has 104 valence electrons. The summed E-state index contributed by atoms with van der Waals surface area (Å²) in [6, 6.07) is 1.94. The lowest BCUT2D eigenvalue weighted by molar-refractivity contribution is -0.385. The van der Waals surface area contributed by atoms with Crippen LogP contribution < -0.4 is 4.72 Å². The molecule has 0 spiro atoms. The third kappa shape index (κ3) is 3.48. The number of hydrogen-bond donors (Lipinski definition) is 2. The Morgan fingerprint density at radius 2 is 2.05 bits per heavy atom. The monoisotopic (exact) mass is 288 g/mol. The summed E-state index contributed by atoms with van der Waals surface area (Å²) < 4.78 is 25.8. The lowest BCUT2D eigenvalue weighted by Crippen LogP contribution is -2.38. The molecule has 2 N–H and O–H groups in total. The maximum absolute atomic E-state index is 11.9. The fourth-order valence-electron chi connectivity index (χ4n) is 1.40. The number of non-ortho nitro benzene ring substituents is 1. The van der Waals surface area contributed by atoms with Gasteiger partial charge in [0.1, 0.15) is 6.04 Å². The number of nitro groups is 1. The lowest BCUT2D eigenvalue weighted by atomic mass is 10.2. The molecule has 0 radical (unpaired) electrons. The van der Waals surface area contributed by atoms with Gasteiger partial charge in [0.05, 0.1) is 9.82 Å². The first-order chi connectivity index (χ1) is 8.65. The van der Waals surface area contributed by atoms with E-state index in [1.54, 1.807) is 0 Å². The summed E-state index contributed by atoms with van der Waals surface area (Å²) >= 11 is 0. The van der Waals surface area contributed by atoms with Crippen molar-refractivity contribution < 1.29 is 23.2 Å². The van der Waals surface area contributed by atoms with Crippen LogP contribution >= 0.6 is 0 Å². The van der Waals surface area contributed by atoms with Crippen molar-refractivity contribution in [1.82, 2.24) is 4.72 Å². The van der Waals surface area contributed by atoms with Crippen molar-refractivity contribution in [2.45, 2.75) is 24.8 Å². The summed E-state index contributed by atoms with van der Waals surface area (Å²) in [5.41, 5.74) is -0.0676. The fraction of sp³-hybridized carbons (Fsp3) is 0.300. The number of nitrogens with zero attached hydrogens (tertiary/aromatic N) is 1. The average Bonchev–Trinajstić information content (AvgIpc) is 2.27. The first kappa shape index (κ1) is 15.1. The minimum atomic E-state index is -4.03. The van der Waals surface area contributed by atoms with Gasteiger partial charge in [-0.05, 0) is 25.5 Å². The van der Waals surface area contributed by atoms with Crippen LogP contribution in [-0.4, -0.2) is 30.5 Å². The number of benzene rings is 1. The van der Waals surface area contributed by atoms with E-state index >= 15 is 0 Å². The molecule has 0 aliphatic heterocycles. The Morgan fingerprint density at radius 1 is 1.47 bits per heavy atom. The second-order valence-electron chi connectivity index (χ2n) is 3.89. The normalized spacial score (nSPS) is 12.9. The maximum atomic E-state index is 11.9. The van der Waals surface area contributed by atoms with Gasteiger partial charge in [-0.3, -0.25) is 14.9 Å². The molecule has 0 aliphatic rings. The van der Waals surface area contributed by atoms with Crippen LogP contribution in [0.2, 0.25) is 0 Å². The van der Waals surface area contributed by atoms with E-state index in [0.29, 0.717) is 0 Å². The highest BCUT2D eigenvalue weighted by Gasteiger charge is 2.24. The summed E-state index contributed by atoms with van der Waals surface area (Å²) in [5.74, 6) is -1.32. The van der Waals surface area contributed by atoms with Crippen LogP contribution in [0.15, 0.2) is 23.1 Å². The molecule has 8 nitrogen and oxygen atoms in total. The van der Waals surface area contributed by atoms with E-state index in [9.17, 15) is 23.3 Å². The second kappa shape index (κ2) is 5.33. The summed E-state index contributed by atoms with van der Waals surface area (Å²) in [6.45, 7) is 2.58. The Morgan fingerprint density at radius 3 is 2.47 bits per heavy atom. The molecule has 9 heteroatoms. The Kier molecular flexibility index (Phi) is 4.22. The van der Waals surface area contributed by atoms with Crippen LogP contribution in [0.25, 0.3) is 0 Å². The van der Waals surface area contributed by atoms with E-state index in [1.807, 2.05) is 4.72 Å². The van der Waals surface area contributed by atoms with Crippen molar-refractivity contribution in [2.24, 2.45) is 0 Å². The van der Waals surface area contributed by atoms with E-state index in [2.05, 4.69) is 0 Å². The number of hydrogen-bond acceptors (Lipinski definition) is 5. The standard InChI is InChI=1S/C10H12N2O6S/c1-6-5-8(12(15)16)3-4-9(6)19(17,18)11-7(2)10(13)14/h3-5,7,11H,1-2H3,(H,13,14)/t7-/m0/s1. The predicted octanol–water partition coefficient (Wildman–Crippen LogP) is 0.655. The Labute approximate surface area is 109 Å². The lowest BCUT2D eigenvalue weighted by Gasteiger charge is -2.11. The average molecular weight is 288 g/mol. The highest BCUT2D eigenvalue weighted by molar-refractivity contribution is 7.89. The van der Waals surface area contributed by atoms with E-state index < -0.39 is 27.0 Å². The molecule has 19 heavy (non-hydrogen) atoms. The van der Waals surface area contributed by atoms with Gasteiger partial charge in [0, 0.05) is 12.1 Å². The second-order valence-corrected chi connectivity index (χ2v) is 5.57. The number of nitrogens with one attached hydrogen (secondary N) is 1. The van der Waals surface area contributed by atoms with Gasteiger partial charge in [-0.1, -0.05) is 0 Å². The Balaban J connectivity index is 3.16. The molecule has 0 saturated carbocycles. The van der Waals surface area contributed by atoms with E-state index in [-0.39, 0.29) is 16.1 Å². The van der Waals surface area contributed by atoms with Crippen molar-refractivity contribution in [3.05, 3.63) is 33.9 Å².